The maximum Gasteiger partial charge on any atom is 0.159 e. The van der Waals surface area contributed by atoms with E-state index in [1.807, 2.05) is 32.9 Å². The Morgan fingerprint density at radius 1 is 1.47 bits per heavy atom. The number of ether oxygens (including phenoxy) is 2. The average molecular weight is 236 g/mol. The monoisotopic (exact) mass is 236 g/mol. The van der Waals surface area contributed by atoms with Gasteiger partial charge in [0.2, 0.25) is 0 Å². The summed E-state index contributed by atoms with van der Waals surface area (Å²) < 4.78 is 16.9. The van der Waals surface area contributed by atoms with Gasteiger partial charge in [0, 0.05) is 17.9 Å². The second-order valence-corrected chi connectivity index (χ2v) is 5.41. The third-order valence-electron chi connectivity index (χ3n) is 2.81. The zero-order valence-electron chi connectivity index (χ0n) is 10.7. The normalized spacial score (nSPS) is 29.5. The largest absolute Gasteiger partial charge is 0.472 e. The van der Waals surface area contributed by atoms with Crippen LogP contribution in [-0.2, 0) is 9.47 Å². The fourth-order valence-corrected chi connectivity index (χ4v) is 2.12. The van der Waals surface area contributed by atoms with Crippen LogP contribution in [-0.4, -0.2) is 11.9 Å². The quantitative estimate of drug-likeness (QED) is 0.750. The Morgan fingerprint density at radius 2 is 2.24 bits per heavy atom. The average Bonchev–Trinajstić information content (AvgIpc) is 2.82. The molecular weight excluding hydrogens is 216 g/mol. The summed E-state index contributed by atoms with van der Waals surface area (Å²) in [5, 5.41) is 0. The van der Waals surface area contributed by atoms with Gasteiger partial charge < -0.3 is 13.9 Å². The van der Waals surface area contributed by atoms with Gasteiger partial charge in [0.25, 0.3) is 0 Å². The van der Waals surface area contributed by atoms with Crippen molar-refractivity contribution in [1.29, 1.82) is 0 Å². The smallest absolute Gasteiger partial charge is 0.159 e. The Labute approximate surface area is 102 Å². The first-order valence-corrected chi connectivity index (χ1v) is 5.97. The van der Waals surface area contributed by atoms with Gasteiger partial charge in [-0.2, -0.15) is 0 Å². The van der Waals surface area contributed by atoms with Crippen molar-refractivity contribution in [3.63, 3.8) is 0 Å². The molecule has 1 unspecified atom stereocenters. The van der Waals surface area contributed by atoms with E-state index in [-0.39, 0.29) is 23.9 Å². The molecule has 0 radical (unpaired) electrons. The molecule has 1 saturated heterocycles. The van der Waals surface area contributed by atoms with E-state index >= 15 is 0 Å². The Kier molecular flexibility index (Phi) is 3.40. The summed E-state index contributed by atoms with van der Waals surface area (Å²) in [7, 11) is 0. The summed E-state index contributed by atoms with van der Waals surface area (Å²) >= 11 is 0. The van der Waals surface area contributed by atoms with Gasteiger partial charge in [0.15, 0.2) is 6.29 Å². The molecule has 3 nitrogen and oxygen atoms in total. The highest BCUT2D eigenvalue weighted by molar-refractivity contribution is 5.14. The molecule has 2 heterocycles. The lowest BCUT2D eigenvalue weighted by molar-refractivity contribution is -0.187. The van der Waals surface area contributed by atoms with Crippen LogP contribution in [0, 0.1) is 5.92 Å². The summed E-state index contributed by atoms with van der Waals surface area (Å²) in [6.45, 7) is 9.96. The van der Waals surface area contributed by atoms with Gasteiger partial charge in [-0.1, -0.05) is 6.08 Å². The number of furan rings is 1. The molecule has 0 aromatic carbocycles. The predicted octanol–water partition coefficient (Wildman–Crippen LogP) is 3.68. The van der Waals surface area contributed by atoms with Gasteiger partial charge in [0.1, 0.15) is 0 Å². The maximum atomic E-state index is 5.93. The topological polar surface area (TPSA) is 31.6 Å². The van der Waals surface area contributed by atoms with E-state index in [1.165, 1.54) is 0 Å². The van der Waals surface area contributed by atoms with Crippen molar-refractivity contribution in [2.24, 2.45) is 5.92 Å². The first kappa shape index (κ1) is 12.4. The van der Waals surface area contributed by atoms with Crippen LogP contribution in [0.1, 0.15) is 38.9 Å². The van der Waals surface area contributed by atoms with Crippen molar-refractivity contribution in [3.8, 4) is 0 Å². The van der Waals surface area contributed by atoms with Crippen molar-refractivity contribution in [1.82, 2.24) is 0 Å². The molecule has 0 saturated carbocycles. The molecule has 2 rings (SSSR count). The van der Waals surface area contributed by atoms with E-state index in [9.17, 15) is 0 Å². The lowest BCUT2D eigenvalue weighted by Crippen LogP contribution is -2.26. The van der Waals surface area contributed by atoms with E-state index in [1.54, 1.807) is 12.5 Å². The summed E-state index contributed by atoms with van der Waals surface area (Å²) in [5.74, 6) is 0.278. The van der Waals surface area contributed by atoms with Crippen molar-refractivity contribution in [2.45, 2.75) is 45.2 Å². The first-order valence-electron chi connectivity index (χ1n) is 5.97. The molecule has 1 fully saturated rings. The predicted molar refractivity (Wildman–Crippen MR) is 65.5 cm³/mol. The molecule has 0 amide bonds. The Bertz CT molecular complexity index is 361. The van der Waals surface area contributed by atoms with E-state index in [2.05, 4.69) is 6.58 Å². The van der Waals surface area contributed by atoms with Crippen LogP contribution in [0.2, 0.25) is 0 Å². The van der Waals surface area contributed by atoms with Gasteiger partial charge >= 0.3 is 0 Å². The second-order valence-electron chi connectivity index (χ2n) is 5.41. The number of hydrogen-bond donors (Lipinski definition) is 0. The molecule has 1 aromatic heterocycles. The van der Waals surface area contributed by atoms with Gasteiger partial charge in [-0.05, 0) is 26.8 Å². The van der Waals surface area contributed by atoms with E-state index in [0.717, 1.165) is 12.0 Å². The van der Waals surface area contributed by atoms with Crippen LogP contribution in [0.3, 0.4) is 0 Å². The summed E-state index contributed by atoms with van der Waals surface area (Å²) in [6, 6.07) is 1.93. The van der Waals surface area contributed by atoms with Crippen LogP contribution in [0.5, 0.6) is 0 Å². The minimum absolute atomic E-state index is 0.00130. The SMILES string of the molecule is C=C[C@@H]1CC(OC(C)(C)C)O[C@H]1c1ccoc1. The Morgan fingerprint density at radius 3 is 2.76 bits per heavy atom. The molecule has 1 aliphatic rings. The zero-order chi connectivity index (χ0) is 12.5. The molecule has 1 aromatic rings. The van der Waals surface area contributed by atoms with Crippen molar-refractivity contribution >= 4 is 0 Å². The third-order valence-corrected chi connectivity index (χ3v) is 2.81. The highest BCUT2D eigenvalue weighted by Crippen LogP contribution is 2.40. The number of hydrogen-bond acceptors (Lipinski definition) is 3. The highest BCUT2D eigenvalue weighted by atomic mass is 16.7. The van der Waals surface area contributed by atoms with Gasteiger partial charge in [-0.25, -0.2) is 0 Å². The van der Waals surface area contributed by atoms with Crippen LogP contribution in [0.25, 0.3) is 0 Å². The van der Waals surface area contributed by atoms with Crippen LogP contribution in [0.15, 0.2) is 35.7 Å². The Balaban J connectivity index is 2.06. The zero-order valence-corrected chi connectivity index (χ0v) is 10.7. The number of rotatable bonds is 3. The fraction of sp³-hybridized carbons (Fsp3) is 0.571. The minimum atomic E-state index is -0.193. The lowest BCUT2D eigenvalue weighted by atomic mass is 9.97. The third kappa shape index (κ3) is 2.99. The molecule has 17 heavy (non-hydrogen) atoms. The van der Waals surface area contributed by atoms with Gasteiger partial charge in [-0.3, -0.25) is 0 Å². The highest BCUT2D eigenvalue weighted by Gasteiger charge is 2.37. The first-order chi connectivity index (χ1) is 7.99. The van der Waals surface area contributed by atoms with Crippen LogP contribution < -0.4 is 0 Å². The minimum Gasteiger partial charge on any atom is -0.472 e. The molecule has 0 aliphatic carbocycles. The van der Waals surface area contributed by atoms with E-state index in [4.69, 9.17) is 13.9 Å². The molecule has 0 N–H and O–H groups in total. The standard InChI is InChI=1S/C14H20O3/c1-5-10-8-12(17-14(2,3)4)16-13(10)11-6-7-15-9-11/h5-7,9-10,12-13H,1,8H2,2-4H3/t10-,12?,13-/m1/s1. The van der Waals surface area contributed by atoms with Crippen LogP contribution >= 0.6 is 0 Å². The van der Waals surface area contributed by atoms with E-state index < -0.39 is 0 Å². The molecule has 1 aliphatic heterocycles. The summed E-state index contributed by atoms with van der Waals surface area (Å²) in [5.41, 5.74) is 0.858. The van der Waals surface area contributed by atoms with Gasteiger partial charge in [-0.15, -0.1) is 6.58 Å². The maximum absolute atomic E-state index is 5.93. The Hall–Kier alpha value is -1.06. The van der Waals surface area contributed by atoms with Crippen molar-refractivity contribution in [3.05, 3.63) is 36.8 Å². The second kappa shape index (κ2) is 4.67. The molecular formula is C14H20O3. The molecule has 0 bridgehead atoms. The van der Waals surface area contributed by atoms with Crippen molar-refractivity contribution < 1.29 is 13.9 Å². The van der Waals surface area contributed by atoms with Gasteiger partial charge in [0.05, 0.1) is 24.2 Å². The summed E-state index contributed by atoms with van der Waals surface area (Å²) in [6.07, 6.45) is 5.99. The lowest BCUT2D eigenvalue weighted by Gasteiger charge is -2.24. The molecule has 3 atom stereocenters. The molecule has 0 spiro atoms. The fourth-order valence-electron chi connectivity index (χ4n) is 2.12. The molecule has 94 valence electrons. The summed E-state index contributed by atoms with van der Waals surface area (Å²) in [4.78, 5) is 0. The van der Waals surface area contributed by atoms with Crippen LogP contribution in [0.4, 0.5) is 0 Å². The molecule has 3 heteroatoms. The van der Waals surface area contributed by atoms with Crippen molar-refractivity contribution in [2.75, 3.05) is 0 Å². The van der Waals surface area contributed by atoms with E-state index in [0.29, 0.717) is 0 Å².